The highest BCUT2D eigenvalue weighted by atomic mass is 16.5. The molecule has 0 aromatic carbocycles. The normalized spacial score (nSPS) is 11.6. The van der Waals surface area contributed by atoms with Crippen molar-refractivity contribution in [2.45, 2.75) is 46.1 Å². The van der Waals surface area contributed by atoms with Gasteiger partial charge in [0.15, 0.2) is 11.8 Å². The molecule has 0 radical (unpaired) electrons. The molecule has 0 aliphatic heterocycles. The van der Waals surface area contributed by atoms with Gasteiger partial charge in [-0.1, -0.05) is 31.3 Å². The van der Waals surface area contributed by atoms with E-state index in [1.165, 1.54) is 19.3 Å². The Hall–Kier alpha value is -1.59. The summed E-state index contributed by atoms with van der Waals surface area (Å²) >= 11 is 0. The molecule has 0 bridgehead atoms. The zero-order valence-corrected chi connectivity index (χ0v) is 11.5. The predicted molar refractivity (Wildman–Crippen MR) is 71.4 cm³/mol. The highest BCUT2D eigenvalue weighted by Crippen LogP contribution is 1.97. The summed E-state index contributed by atoms with van der Waals surface area (Å²) in [7, 11) is 1.75. The minimum Gasteiger partial charge on any atom is -0.356 e. The second-order valence-electron chi connectivity index (χ2n) is 4.15. The third kappa shape index (κ3) is 5.65. The Bertz CT molecular complexity index is 361. The van der Waals surface area contributed by atoms with E-state index in [1.54, 1.807) is 14.0 Å². The van der Waals surface area contributed by atoms with Crippen molar-refractivity contribution >= 4 is 5.96 Å². The number of aromatic nitrogens is 2. The number of aliphatic imine (C=N–C) groups is 1. The molecule has 0 aliphatic rings. The Morgan fingerprint density at radius 3 is 2.72 bits per heavy atom. The summed E-state index contributed by atoms with van der Waals surface area (Å²) in [6.45, 7) is 5.44. The zero-order valence-electron chi connectivity index (χ0n) is 11.5. The van der Waals surface area contributed by atoms with Crippen molar-refractivity contribution in [1.82, 2.24) is 20.8 Å². The fraction of sp³-hybridized carbons (Fsp3) is 0.750. The average molecular weight is 253 g/mol. The minimum atomic E-state index is 0.496. The molecule has 0 saturated heterocycles. The molecule has 18 heavy (non-hydrogen) atoms. The van der Waals surface area contributed by atoms with Gasteiger partial charge >= 0.3 is 0 Å². The predicted octanol–water partition coefficient (Wildman–Crippen LogP) is 1.62. The van der Waals surface area contributed by atoms with Gasteiger partial charge < -0.3 is 15.2 Å². The van der Waals surface area contributed by atoms with Crippen LogP contribution in [0.2, 0.25) is 0 Å². The van der Waals surface area contributed by atoms with Crippen molar-refractivity contribution in [2.75, 3.05) is 13.6 Å². The number of nitrogens with zero attached hydrogens (tertiary/aromatic N) is 3. The molecule has 1 rings (SSSR count). The monoisotopic (exact) mass is 253 g/mol. The fourth-order valence-corrected chi connectivity index (χ4v) is 1.55. The van der Waals surface area contributed by atoms with Gasteiger partial charge in [0, 0.05) is 13.6 Å². The van der Waals surface area contributed by atoms with Crippen LogP contribution in [0.15, 0.2) is 9.52 Å². The molecule has 1 aromatic heterocycles. The molecule has 0 amide bonds. The first-order valence-corrected chi connectivity index (χ1v) is 6.50. The van der Waals surface area contributed by atoms with Gasteiger partial charge in [0.05, 0.1) is 6.54 Å². The van der Waals surface area contributed by atoms with Gasteiger partial charge in [-0.3, -0.25) is 4.99 Å². The molecule has 1 aromatic rings. The van der Waals surface area contributed by atoms with E-state index in [9.17, 15) is 0 Å². The summed E-state index contributed by atoms with van der Waals surface area (Å²) in [4.78, 5) is 8.25. The maximum absolute atomic E-state index is 5.01. The number of nitrogens with one attached hydrogen (secondary N) is 2. The third-order valence-electron chi connectivity index (χ3n) is 2.52. The van der Waals surface area contributed by atoms with Gasteiger partial charge in [-0.15, -0.1) is 0 Å². The molecule has 0 fully saturated rings. The lowest BCUT2D eigenvalue weighted by molar-refractivity contribution is 0.371. The van der Waals surface area contributed by atoms with Crippen LogP contribution >= 0.6 is 0 Å². The van der Waals surface area contributed by atoms with Gasteiger partial charge in [-0.05, 0) is 13.3 Å². The maximum Gasteiger partial charge on any atom is 0.246 e. The number of aryl methyl sites for hydroxylation is 1. The summed E-state index contributed by atoms with van der Waals surface area (Å²) < 4.78 is 5.01. The smallest absolute Gasteiger partial charge is 0.246 e. The Balaban J connectivity index is 2.18. The van der Waals surface area contributed by atoms with Gasteiger partial charge in [0.25, 0.3) is 0 Å². The van der Waals surface area contributed by atoms with Crippen molar-refractivity contribution in [2.24, 2.45) is 4.99 Å². The van der Waals surface area contributed by atoms with Crippen molar-refractivity contribution < 1.29 is 4.52 Å². The molecule has 0 atom stereocenters. The first-order valence-electron chi connectivity index (χ1n) is 6.50. The standard InChI is InChI=1S/C12H23N5O/c1-4-5-6-7-8-14-12(13-3)15-9-11-16-10(2)17-18-11/h4-9H2,1-3H3,(H2,13,14,15). The minimum absolute atomic E-state index is 0.496. The van der Waals surface area contributed by atoms with Crippen LogP contribution in [0.4, 0.5) is 0 Å². The summed E-state index contributed by atoms with van der Waals surface area (Å²) in [5.41, 5.74) is 0. The van der Waals surface area contributed by atoms with E-state index in [1.807, 2.05) is 0 Å². The molecule has 0 unspecified atom stereocenters. The molecule has 6 nitrogen and oxygen atoms in total. The van der Waals surface area contributed by atoms with Crippen LogP contribution in [-0.2, 0) is 6.54 Å². The largest absolute Gasteiger partial charge is 0.356 e. The van der Waals surface area contributed by atoms with E-state index in [4.69, 9.17) is 4.52 Å². The highest BCUT2D eigenvalue weighted by Gasteiger charge is 2.03. The summed E-state index contributed by atoms with van der Waals surface area (Å²) in [5.74, 6) is 1.98. The number of rotatable bonds is 7. The Kier molecular flexibility index (Phi) is 6.83. The van der Waals surface area contributed by atoms with Gasteiger partial charge in [-0.25, -0.2) is 0 Å². The van der Waals surface area contributed by atoms with E-state index in [0.717, 1.165) is 18.9 Å². The van der Waals surface area contributed by atoms with Crippen LogP contribution in [-0.4, -0.2) is 29.7 Å². The quantitative estimate of drug-likeness (QED) is 0.439. The number of hydrogen-bond donors (Lipinski definition) is 2. The van der Waals surface area contributed by atoms with Crippen LogP contribution < -0.4 is 10.6 Å². The van der Waals surface area contributed by atoms with E-state index < -0.39 is 0 Å². The highest BCUT2D eigenvalue weighted by molar-refractivity contribution is 5.79. The first-order chi connectivity index (χ1) is 8.76. The van der Waals surface area contributed by atoms with Crippen molar-refractivity contribution in [1.29, 1.82) is 0 Å². The van der Waals surface area contributed by atoms with E-state index in [-0.39, 0.29) is 0 Å². The summed E-state index contributed by atoms with van der Waals surface area (Å²) in [6.07, 6.45) is 4.95. The lowest BCUT2D eigenvalue weighted by atomic mass is 10.2. The molecule has 0 aliphatic carbocycles. The van der Waals surface area contributed by atoms with Crippen molar-refractivity contribution in [3.05, 3.63) is 11.7 Å². The molecule has 0 spiro atoms. The van der Waals surface area contributed by atoms with Crippen molar-refractivity contribution in [3.8, 4) is 0 Å². The second kappa shape index (κ2) is 8.49. The average Bonchev–Trinajstić information content (AvgIpc) is 2.78. The zero-order chi connectivity index (χ0) is 13.2. The maximum atomic E-state index is 5.01. The van der Waals surface area contributed by atoms with Crippen LogP contribution in [0.25, 0.3) is 0 Å². The Morgan fingerprint density at radius 2 is 2.11 bits per heavy atom. The molecule has 6 heteroatoms. The molecule has 1 heterocycles. The SMILES string of the molecule is CCCCCCNC(=NC)NCc1nc(C)no1. The molecule has 0 saturated carbocycles. The third-order valence-corrected chi connectivity index (χ3v) is 2.52. The van der Waals surface area contributed by atoms with E-state index in [0.29, 0.717) is 18.3 Å². The Labute approximate surface area is 108 Å². The lowest BCUT2D eigenvalue weighted by Gasteiger charge is -2.09. The van der Waals surface area contributed by atoms with E-state index in [2.05, 4.69) is 32.7 Å². The van der Waals surface area contributed by atoms with Crippen LogP contribution in [0.5, 0.6) is 0 Å². The van der Waals surface area contributed by atoms with Crippen LogP contribution in [0.1, 0.15) is 44.3 Å². The summed E-state index contributed by atoms with van der Waals surface area (Å²) in [6, 6.07) is 0. The molecular weight excluding hydrogens is 230 g/mol. The lowest BCUT2D eigenvalue weighted by Crippen LogP contribution is -2.37. The summed E-state index contributed by atoms with van der Waals surface area (Å²) in [5, 5.41) is 10.1. The number of guanidine groups is 1. The first kappa shape index (κ1) is 14.5. The van der Waals surface area contributed by atoms with Crippen LogP contribution in [0.3, 0.4) is 0 Å². The number of hydrogen-bond acceptors (Lipinski definition) is 4. The fourth-order valence-electron chi connectivity index (χ4n) is 1.55. The molecule has 2 N–H and O–H groups in total. The van der Waals surface area contributed by atoms with Gasteiger partial charge in [-0.2, -0.15) is 4.98 Å². The van der Waals surface area contributed by atoms with Crippen LogP contribution in [0, 0.1) is 6.92 Å². The Morgan fingerprint density at radius 1 is 1.28 bits per heavy atom. The van der Waals surface area contributed by atoms with Gasteiger partial charge in [0.2, 0.25) is 5.89 Å². The molecular formula is C12H23N5O. The number of unbranched alkanes of at least 4 members (excludes halogenated alkanes) is 3. The van der Waals surface area contributed by atoms with Gasteiger partial charge in [0.1, 0.15) is 0 Å². The molecule has 102 valence electrons. The van der Waals surface area contributed by atoms with Crippen molar-refractivity contribution in [3.63, 3.8) is 0 Å². The van der Waals surface area contributed by atoms with E-state index >= 15 is 0 Å². The second-order valence-corrected chi connectivity index (χ2v) is 4.15. The topological polar surface area (TPSA) is 75.3 Å².